The van der Waals surface area contributed by atoms with Crippen LogP contribution in [0.5, 0.6) is 0 Å². The van der Waals surface area contributed by atoms with E-state index >= 15 is 0 Å². The molecule has 0 unspecified atom stereocenters. The molecule has 2 aromatic carbocycles. The lowest BCUT2D eigenvalue weighted by atomic mass is 10.1. The van der Waals surface area contributed by atoms with Gasteiger partial charge in [-0.15, -0.1) is 0 Å². The molecule has 2 heterocycles. The number of carbonyl (C=O) groups is 2. The molecule has 2 aromatic rings. The summed E-state index contributed by atoms with van der Waals surface area (Å²) in [5.41, 5.74) is 1.70. The van der Waals surface area contributed by atoms with Gasteiger partial charge in [0.15, 0.2) is 0 Å². The van der Waals surface area contributed by atoms with Gasteiger partial charge in [-0.1, -0.05) is 60.3 Å². The molecular weight excluding hydrogens is 398 g/mol. The fourth-order valence-corrected chi connectivity index (χ4v) is 4.85. The Morgan fingerprint density at radius 2 is 1.70 bits per heavy atom. The van der Waals surface area contributed by atoms with Crippen molar-refractivity contribution in [3.63, 3.8) is 0 Å². The largest absolute Gasteiger partial charge is 0.378 e. The molecule has 0 aliphatic carbocycles. The molecule has 152 valence electrons. The number of benzene rings is 2. The number of hydrogen-bond acceptors (Lipinski definition) is 5. The number of para-hydroxylation sites is 1. The van der Waals surface area contributed by atoms with Crippen LogP contribution in [0.2, 0.25) is 0 Å². The maximum atomic E-state index is 13.4. The summed E-state index contributed by atoms with van der Waals surface area (Å²) in [5.74, 6) is -0.468. The molecule has 0 bridgehead atoms. The number of nitriles is 1. The number of hydrogen-bond donors (Lipinski definition) is 0. The van der Waals surface area contributed by atoms with Crippen LogP contribution >= 0.6 is 11.8 Å². The molecule has 1 atom stereocenters. The van der Waals surface area contributed by atoms with E-state index < -0.39 is 5.25 Å². The van der Waals surface area contributed by atoms with Gasteiger partial charge in [-0.05, 0) is 24.1 Å². The highest BCUT2D eigenvalue weighted by Gasteiger charge is 2.41. The number of amides is 2. The van der Waals surface area contributed by atoms with Crippen molar-refractivity contribution in [2.45, 2.75) is 11.7 Å². The molecule has 2 fully saturated rings. The molecule has 6 nitrogen and oxygen atoms in total. The summed E-state index contributed by atoms with van der Waals surface area (Å²) in [4.78, 5) is 29.6. The highest BCUT2D eigenvalue weighted by molar-refractivity contribution is 8.05. The van der Waals surface area contributed by atoms with Crippen molar-refractivity contribution in [2.24, 2.45) is 0 Å². The standard InChI is InChI=1S/C23H21N3O3S/c24-16-19(21(27)25-11-13-29-14-12-25)23-26(18-9-5-2-6-10-18)22(28)20(30-23)15-17-7-3-1-4-8-17/h1-10,20H,11-15H2/b23-19+/t20-/m1/s1. The van der Waals surface area contributed by atoms with Gasteiger partial charge in [0.2, 0.25) is 5.91 Å². The lowest BCUT2D eigenvalue weighted by molar-refractivity contribution is -0.130. The van der Waals surface area contributed by atoms with Crippen LogP contribution < -0.4 is 4.90 Å². The quantitative estimate of drug-likeness (QED) is 0.563. The number of rotatable bonds is 4. The zero-order chi connectivity index (χ0) is 20.9. The van der Waals surface area contributed by atoms with E-state index in [1.807, 2.05) is 60.7 Å². The van der Waals surface area contributed by atoms with E-state index in [2.05, 4.69) is 6.07 Å². The van der Waals surface area contributed by atoms with Crippen LogP contribution in [0.4, 0.5) is 5.69 Å². The van der Waals surface area contributed by atoms with E-state index in [1.54, 1.807) is 4.90 Å². The molecule has 2 amide bonds. The summed E-state index contributed by atoms with van der Waals surface area (Å²) >= 11 is 1.30. The van der Waals surface area contributed by atoms with Crippen molar-refractivity contribution in [2.75, 3.05) is 31.2 Å². The van der Waals surface area contributed by atoms with Crippen LogP contribution in [-0.4, -0.2) is 48.3 Å². The van der Waals surface area contributed by atoms with Crippen LogP contribution in [0.15, 0.2) is 71.3 Å². The van der Waals surface area contributed by atoms with Crippen molar-refractivity contribution in [1.29, 1.82) is 5.26 Å². The van der Waals surface area contributed by atoms with E-state index in [9.17, 15) is 14.9 Å². The van der Waals surface area contributed by atoms with Gasteiger partial charge >= 0.3 is 0 Å². The Kier molecular flexibility index (Phi) is 6.17. The van der Waals surface area contributed by atoms with Gasteiger partial charge in [0.05, 0.1) is 18.5 Å². The molecule has 2 aliphatic heterocycles. The first kappa shape index (κ1) is 20.2. The Bertz CT molecular complexity index is 995. The third-order valence-electron chi connectivity index (χ3n) is 5.07. The number of carbonyl (C=O) groups excluding carboxylic acids is 2. The molecule has 0 aromatic heterocycles. The number of ether oxygens (including phenoxy) is 1. The molecule has 0 spiro atoms. The van der Waals surface area contributed by atoms with Gasteiger partial charge in [0, 0.05) is 18.8 Å². The van der Waals surface area contributed by atoms with Gasteiger partial charge < -0.3 is 9.64 Å². The van der Waals surface area contributed by atoms with Crippen molar-refractivity contribution in [3.8, 4) is 6.07 Å². The minimum absolute atomic E-state index is 0.00895. The zero-order valence-corrected chi connectivity index (χ0v) is 17.2. The van der Waals surface area contributed by atoms with Crippen LogP contribution in [-0.2, 0) is 20.7 Å². The van der Waals surface area contributed by atoms with Gasteiger partial charge in [-0.2, -0.15) is 5.26 Å². The minimum Gasteiger partial charge on any atom is -0.378 e. The van der Waals surface area contributed by atoms with E-state index in [-0.39, 0.29) is 17.4 Å². The second-order valence-corrected chi connectivity index (χ2v) is 8.19. The molecule has 0 radical (unpaired) electrons. The fraction of sp³-hybridized carbons (Fsp3) is 0.261. The molecule has 7 heteroatoms. The van der Waals surface area contributed by atoms with E-state index in [4.69, 9.17) is 4.74 Å². The highest BCUT2D eigenvalue weighted by atomic mass is 32.2. The predicted octanol–water partition coefficient (Wildman–Crippen LogP) is 2.97. The summed E-state index contributed by atoms with van der Waals surface area (Å²) in [6.07, 6.45) is 0.529. The molecule has 2 saturated heterocycles. The number of thioether (sulfide) groups is 1. The monoisotopic (exact) mass is 419 g/mol. The van der Waals surface area contributed by atoms with E-state index in [0.717, 1.165) is 5.56 Å². The van der Waals surface area contributed by atoms with Crippen molar-refractivity contribution < 1.29 is 14.3 Å². The van der Waals surface area contributed by atoms with Gasteiger partial charge in [0.25, 0.3) is 5.91 Å². The van der Waals surface area contributed by atoms with Crippen molar-refractivity contribution in [1.82, 2.24) is 4.90 Å². The molecule has 0 N–H and O–H groups in total. The van der Waals surface area contributed by atoms with E-state index in [1.165, 1.54) is 16.7 Å². The van der Waals surface area contributed by atoms with Gasteiger partial charge in [-0.3, -0.25) is 14.5 Å². The summed E-state index contributed by atoms with van der Waals surface area (Å²) in [6, 6.07) is 21.0. The van der Waals surface area contributed by atoms with Crippen LogP contribution in [0.3, 0.4) is 0 Å². The maximum Gasteiger partial charge on any atom is 0.267 e. The SMILES string of the molecule is N#C/C(C(=O)N1CCOCC1)=C1\S[C@H](Cc2ccccc2)C(=O)N1c1ccccc1. The number of anilines is 1. The first-order chi connectivity index (χ1) is 14.7. The lowest BCUT2D eigenvalue weighted by Crippen LogP contribution is -2.42. The summed E-state index contributed by atoms with van der Waals surface area (Å²) in [5, 5.41) is 9.89. The molecule has 0 saturated carbocycles. The molecule has 30 heavy (non-hydrogen) atoms. The molecule has 2 aliphatic rings. The smallest absolute Gasteiger partial charge is 0.267 e. The van der Waals surface area contributed by atoms with Gasteiger partial charge in [-0.25, -0.2) is 0 Å². The Hall–Kier alpha value is -3.08. The Labute approximate surface area is 179 Å². The predicted molar refractivity (Wildman–Crippen MR) is 115 cm³/mol. The van der Waals surface area contributed by atoms with Gasteiger partial charge in [0.1, 0.15) is 16.7 Å². The number of morpholine rings is 1. The van der Waals surface area contributed by atoms with E-state index in [0.29, 0.717) is 43.4 Å². The van der Waals surface area contributed by atoms with Crippen LogP contribution in [0.1, 0.15) is 5.56 Å². The second-order valence-electron chi connectivity index (χ2n) is 7.00. The lowest BCUT2D eigenvalue weighted by Gasteiger charge is -2.27. The highest BCUT2D eigenvalue weighted by Crippen LogP contribution is 2.42. The first-order valence-electron chi connectivity index (χ1n) is 9.80. The summed E-state index contributed by atoms with van der Waals surface area (Å²) < 4.78 is 5.32. The Morgan fingerprint density at radius 1 is 1.07 bits per heavy atom. The maximum absolute atomic E-state index is 13.4. The number of nitrogens with zero attached hydrogens (tertiary/aromatic N) is 3. The fourth-order valence-electron chi connectivity index (χ4n) is 3.54. The second kappa shape index (κ2) is 9.16. The summed E-state index contributed by atoms with van der Waals surface area (Å²) in [7, 11) is 0. The Morgan fingerprint density at radius 3 is 2.33 bits per heavy atom. The van der Waals surface area contributed by atoms with Crippen LogP contribution in [0.25, 0.3) is 0 Å². The molecule has 4 rings (SSSR count). The normalized spacial score (nSPS) is 20.8. The minimum atomic E-state index is -0.400. The average molecular weight is 420 g/mol. The average Bonchev–Trinajstić information content (AvgIpc) is 3.11. The third-order valence-corrected chi connectivity index (χ3v) is 6.33. The zero-order valence-electron chi connectivity index (χ0n) is 16.4. The van der Waals surface area contributed by atoms with Crippen molar-refractivity contribution >= 4 is 29.3 Å². The topological polar surface area (TPSA) is 73.6 Å². The van der Waals surface area contributed by atoms with Crippen molar-refractivity contribution in [3.05, 3.63) is 76.8 Å². The Balaban J connectivity index is 1.72. The third kappa shape index (κ3) is 4.11. The first-order valence-corrected chi connectivity index (χ1v) is 10.7. The summed E-state index contributed by atoms with van der Waals surface area (Å²) in [6.45, 7) is 1.78. The molecular formula is C23H21N3O3S. The van der Waals surface area contributed by atoms with Crippen LogP contribution in [0, 0.1) is 11.3 Å².